The van der Waals surface area contributed by atoms with Crippen LogP contribution in [0.5, 0.6) is 17.2 Å². The van der Waals surface area contributed by atoms with Crippen LogP contribution in [0.4, 0.5) is 5.69 Å². The van der Waals surface area contributed by atoms with E-state index < -0.39 is 0 Å². The molecule has 7 heteroatoms. The van der Waals surface area contributed by atoms with Crippen LogP contribution >= 0.6 is 0 Å². The van der Waals surface area contributed by atoms with Gasteiger partial charge in [0.2, 0.25) is 6.79 Å². The van der Waals surface area contributed by atoms with Crippen molar-refractivity contribution in [2.24, 2.45) is 5.10 Å². The number of hydrazone groups is 1. The Hall–Kier alpha value is -3.22. The summed E-state index contributed by atoms with van der Waals surface area (Å²) in [6.45, 7) is 0.305. The summed E-state index contributed by atoms with van der Waals surface area (Å²) in [5.74, 6) is 1.79. The van der Waals surface area contributed by atoms with E-state index in [4.69, 9.17) is 14.2 Å². The van der Waals surface area contributed by atoms with Crippen molar-refractivity contribution in [2.45, 2.75) is 0 Å². The largest absolute Gasteiger partial charge is 0.496 e. The lowest BCUT2D eigenvalue weighted by Crippen LogP contribution is -2.25. The van der Waals surface area contributed by atoms with E-state index in [9.17, 15) is 4.79 Å². The second kappa shape index (κ2) is 7.36. The fourth-order valence-corrected chi connectivity index (χ4v) is 2.18. The monoisotopic (exact) mass is 327 g/mol. The van der Waals surface area contributed by atoms with Gasteiger partial charge in [0.25, 0.3) is 5.91 Å². The number of para-hydroxylation sites is 1. The molecule has 0 radical (unpaired) electrons. The standard InChI is InChI=1S/C17H17N3O4/c1-22-14-5-3-2-4-12(14)9-19-20-17(21)10-18-13-6-7-15-16(8-13)24-11-23-15/h2-9,18H,10-11H2,1H3,(H,20,21)/b19-9+. The minimum absolute atomic E-state index is 0.0862. The van der Waals surface area contributed by atoms with E-state index in [1.807, 2.05) is 30.3 Å². The number of anilines is 1. The molecule has 2 N–H and O–H groups in total. The summed E-state index contributed by atoms with van der Waals surface area (Å²) >= 11 is 0. The Morgan fingerprint density at radius 1 is 1.25 bits per heavy atom. The Labute approximate surface area is 139 Å². The first-order chi connectivity index (χ1) is 11.8. The summed E-state index contributed by atoms with van der Waals surface area (Å²) in [6.07, 6.45) is 1.54. The molecular weight excluding hydrogens is 310 g/mol. The van der Waals surface area contributed by atoms with E-state index in [2.05, 4.69) is 15.8 Å². The Kier molecular flexibility index (Phi) is 4.81. The third kappa shape index (κ3) is 3.75. The third-order valence-corrected chi connectivity index (χ3v) is 3.36. The molecule has 0 atom stereocenters. The number of carbonyl (C=O) groups is 1. The zero-order valence-corrected chi connectivity index (χ0v) is 13.1. The van der Waals surface area contributed by atoms with Crippen LogP contribution < -0.4 is 25.0 Å². The number of rotatable bonds is 6. The topological polar surface area (TPSA) is 81.2 Å². The van der Waals surface area contributed by atoms with Crippen molar-refractivity contribution < 1.29 is 19.0 Å². The maximum atomic E-state index is 11.8. The van der Waals surface area contributed by atoms with Crippen LogP contribution in [0, 0.1) is 0 Å². The number of methoxy groups -OCH3 is 1. The number of benzene rings is 2. The van der Waals surface area contributed by atoms with Gasteiger partial charge in [0.05, 0.1) is 19.9 Å². The SMILES string of the molecule is COc1ccccc1/C=N/NC(=O)CNc1ccc2c(c1)OCO2. The molecule has 2 aromatic carbocycles. The predicted molar refractivity (Wildman–Crippen MR) is 89.8 cm³/mol. The zero-order chi connectivity index (χ0) is 16.8. The molecule has 124 valence electrons. The average molecular weight is 327 g/mol. The minimum atomic E-state index is -0.265. The molecular formula is C17H17N3O4. The van der Waals surface area contributed by atoms with Crippen LogP contribution in [0.2, 0.25) is 0 Å². The van der Waals surface area contributed by atoms with Crippen molar-refractivity contribution in [2.75, 3.05) is 25.8 Å². The first kappa shape index (κ1) is 15.7. The first-order valence-corrected chi connectivity index (χ1v) is 7.35. The van der Waals surface area contributed by atoms with E-state index in [-0.39, 0.29) is 19.2 Å². The maximum absolute atomic E-state index is 11.8. The highest BCUT2D eigenvalue weighted by Crippen LogP contribution is 2.34. The normalized spacial score (nSPS) is 12.2. The fraction of sp³-hybridized carbons (Fsp3) is 0.176. The molecule has 3 rings (SSSR count). The molecule has 0 saturated heterocycles. The van der Waals surface area contributed by atoms with Crippen LogP contribution in [0.15, 0.2) is 47.6 Å². The molecule has 0 aliphatic carbocycles. The first-order valence-electron chi connectivity index (χ1n) is 7.35. The van der Waals surface area contributed by atoms with Gasteiger partial charge in [-0.05, 0) is 24.3 Å². The number of nitrogens with one attached hydrogen (secondary N) is 2. The summed E-state index contributed by atoms with van der Waals surface area (Å²) in [6, 6.07) is 12.8. The maximum Gasteiger partial charge on any atom is 0.259 e. The number of hydrogen-bond donors (Lipinski definition) is 2. The lowest BCUT2D eigenvalue weighted by atomic mass is 10.2. The number of amides is 1. The van der Waals surface area contributed by atoms with Gasteiger partial charge in [-0.15, -0.1) is 0 Å². The summed E-state index contributed by atoms with van der Waals surface area (Å²) in [5, 5.41) is 6.93. The highest BCUT2D eigenvalue weighted by Gasteiger charge is 2.13. The Morgan fingerprint density at radius 3 is 2.96 bits per heavy atom. The molecule has 0 bridgehead atoms. The van der Waals surface area contributed by atoms with Crippen molar-refractivity contribution in [1.82, 2.24) is 5.43 Å². The smallest absolute Gasteiger partial charge is 0.259 e. The van der Waals surface area contributed by atoms with Gasteiger partial charge in [0.15, 0.2) is 11.5 Å². The van der Waals surface area contributed by atoms with Gasteiger partial charge in [0.1, 0.15) is 5.75 Å². The molecule has 0 unspecified atom stereocenters. The van der Waals surface area contributed by atoms with Gasteiger partial charge in [-0.25, -0.2) is 5.43 Å². The summed E-state index contributed by atoms with van der Waals surface area (Å²) < 4.78 is 15.7. The molecule has 24 heavy (non-hydrogen) atoms. The highest BCUT2D eigenvalue weighted by molar-refractivity contribution is 5.86. The molecule has 2 aromatic rings. The number of nitrogens with zero attached hydrogens (tertiary/aromatic N) is 1. The van der Waals surface area contributed by atoms with E-state index in [1.54, 1.807) is 19.2 Å². The molecule has 1 heterocycles. The van der Waals surface area contributed by atoms with Gasteiger partial charge in [-0.3, -0.25) is 4.79 Å². The molecule has 0 spiro atoms. The lowest BCUT2D eigenvalue weighted by Gasteiger charge is -2.06. The number of hydrogen-bond acceptors (Lipinski definition) is 6. The van der Waals surface area contributed by atoms with E-state index in [0.717, 1.165) is 11.3 Å². The molecule has 1 aliphatic rings. The molecule has 0 fully saturated rings. The molecule has 0 saturated carbocycles. The second-order valence-corrected chi connectivity index (χ2v) is 4.96. The Balaban J connectivity index is 1.50. The van der Waals surface area contributed by atoms with Crippen molar-refractivity contribution in [3.8, 4) is 17.2 Å². The van der Waals surface area contributed by atoms with Crippen molar-refractivity contribution in [3.05, 3.63) is 48.0 Å². The Morgan fingerprint density at radius 2 is 2.08 bits per heavy atom. The summed E-state index contributed by atoms with van der Waals surface area (Å²) in [7, 11) is 1.58. The lowest BCUT2D eigenvalue weighted by molar-refractivity contribution is -0.119. The summed E-state index contributed by atoms with van der Waals surface area (Å²) in [4.78, 5) is 11.8. The van der Waals surface area contributed by atoms with Crippen LogP contribution in [0.1, 0.15) is 5.56 Å². The second-order valence-electron chi connectivity index (χ2n) is 4.96. The van der Waals surface area contributed by atoms with Crippen molar-refractivity contribution >= 4 is 17.8 Å². The third-order valence-electron chi connectivity index (χ3n) is 3.36. The van der Waals surface area contributed by atoms with Crippen LogP contribution in [0.25, 0.3) is 0 Å². The average Bonchev–Trinajstić information content (AvgIpc) is 3.08. The molecule has 1 aliphatic heterocycles. The van der Waals surface area contributed by atoms with Gasteiger partial charge in [0, 0.05) is 17.3 Å². The van der Waals surface area contributed by atoms with E-state index >= 15 is 0 Å². The zero-order valence-electron chi connectivity index (χ0n) is 13.1. The molecule has 7 nitrogen and oxygen atoms in total. The number of ether oxygens (including phenoxy) is 3. The molecule has 1 amide bonds. The van der Waals surface area contributed by atoms with Gasteiger partial charge in [-0.1, -0.05) is 12.1 Å². The quantitative estimate of drug-likeness (QED) is 0.626. The van der Waals surface area contributed by atoms with Gasteiger partial charge < -0.3 is 19.5 Å². The molecule has 0 aromatic heterocycles. The minimum Gasteiger partial charge on any atom is -0.496 e. The van der Waals surface area contributed by atoms with E-state index in [0.29, 0.717) is 17.2 Å². The van der Waals surface area contributed by atoms with E-state index in [1.165, 1.54) is 6.21 Å². The number of carbonyl (C=O) groups excluding carboxylic acids is 1. The van der Waals surface area contributed by atoms with Crippen LogP contribution in [-0.4, -0.2) is 32.6 Å². The summed E-state index contributed by atoms with van der Waals surface area (Å²) in [5.41, 5.74) is 4.01. The van der Waals surface area contributed by atoms with Crippen molar-refractivity contribution in [1.29, 1.82) is 0 Å². The van der Waals surface area contributed by atoms with Crippen molar-refractivity contribution in [3.63, 3.8) is 0 Å². The fourth-order valence-electron chi connectivity index (χ4n) is 2.18. The van der Waals surface area contributed by atoms with Gasteiger partial charge >= 0.3 is 0 Å². The van der Waals surface area contributed by atoms with Crippen LogP contribution in [0.3, 0.4) is 0 Å². The predicted octanol–water partition coefficient (Wildman–Crippen LogP) is 1.99. The van der Waals surface area contributed by atoms with Gasteiger partial charge in [-0.2, -0.15) is 5.10 Å². The Bertz CT molecular complexity index is 761. The van der Waals surface area contributed by atoms with Crippen LogP contribution in [-0.2, 0) is 4.79 Å². The number of fused-ring (bicyclic) bond motifs is 1. The highest BCUT2D eigenvalue weighted by atomic mass is 16.7.